The summed E-state index contributed by atoms with van der Waals surface area (Å²) in [6.45, 7) is 10.1. The molecule has 0 fully saturated rings. The molecule has 0 aliphatic rings. The molecule has 2 N–H and O–H groups in total. The van der Waals surface area contributed by atoms with Crippen LogP contribution < -0.4 is 10.6 Å². The minimum Gasteiger partial charge on any atom is -0.407 e. The first-order valence-electron chi connectivity index (χ1n) is 6.51. The first-order chi connectivity index (χ1) is 8.19. The van der Waals surface area contributed by atoms with Gasteiger partial charge in [0.25, 0.3) is 0 Å². The lowest BCUT2D eigenvalue weighted by Gasteiger charge is -2.30. The highest BCUT2D eigenvalue weighted by molar-refractivity contribution is 5.23. The van der Waals surface area contributed by atoms with E-state index >= 15 is 0 Å². The van der Waals surface area contributed by atoms with Gasteiger partial charge < -0.3 is 15.1 Å². The summed E-state index contributed by atoms with van der Waals surface area (Å²) in [5.74, 6) is 0.631. The van der Waals surface area contributed by atoms with Gasteiger partial charge in [0.2, 0.25) is 5.89 Å². The SMILES string of the molecule is CCNCc1nnc(NC(CC)(CC)CC)o1. The van der Waals surface area contributed by atoms with Crippen molar-refractivity contribution in [3.8, 4) is 0 Å². The molecule has 0 radical (unpaired) electrons. The lowest BCUT2D eigenvalue weighted by molar-refractivity contribution is 0.394. The van der Waals surface area contributed by atoms with Gasteiger partial charge in [0.1, 0.15) is 0 Å². The molecule has 98 valence electrons. The van der Waals surface area contributed by atoms with Crippen LogP contribution in [-0.2, 0) is 6.54 Å². The summed E-state index contributed by atoms with van der Waals surface area (Å²) in [6.07, 6.45) is 3.14. The quantitative estimate of drug-likeness (QED) is 0.731. The molecule has 5 nitrogen and oxygen atoms in total. The van der Waals surface area contributed by atoms with Crippen LogP contribution in [0.1, 0.15) is 52.8 Å². The van der Waals surface area contributed by atoms with Crippen molar-refractivity contribution >= 4 is 6.01 Å². The number of nitrogens with zero attached hydrogens (tertiary/aromatic N) is 2. The van der Waals surface area contributed by atoms with E-state index in [1.807, 2.05) is 6.92 Å². The minimum absolute atomic E-state index is 0.0714. The zero-order chi connectivity index (χ0) is 12.7. The maximum Gasteiger partial charge on any atom is 0.315 e. The maximum absolute atomic E-state index is 5.55. The Morgan fingerprint density at radius 1 is 1.06 bits per heavy atom. The predicted octanol–water partition coefficient (Wildman–Crippen LogP) is 2.56. The second-order valence-electron chi connectivity index (χ2n) is 4.25. The highest BCUT2D eigenvalue weighted by atomic mass is 16.4. The summed E-state index contributed by atoms with van der Waals surface area (Å²) in [6, 6.07) is 0.531. The molecular weight excluding hydrogens is 216 g/mol. The Bertz CT molecular complexity index is 312. The lowest BCUT2D eigenvalue weighted by Crippen LogP contribution is -2.36. The maximum atomic E-state index is 5.55. The zero-order valence-electron chi connectivity index (χ0n) is 11.3. The van der Waals surface area contributed by atoms with Gasteiger partial charge >= 0.3 is 6.01 Å². The summed E-state index contributed by atoms with van der Waals surface area (Å²) in [4.78, 5) is 0. The average Bonchev–Trinajstić information content (AvgIpc) is 2.81. The smallest absolute Gasteiger partial charge is 0.315 e. The van der Waals surface area contributed by atoms with Gasteiger partial charge in [-0.25, -0.2) is 0 Å². The van der Waals surface area contributed by atoms with Crippen molar-refractivity contribution in [1.82, 2.24) is 15.5 Å². The van der Waals surface area contributed by atoms with Crippen molar-refractivity contribution in [2.75, 3.05) is 11.9 Å². The van der Waals surface area contributed by atoms with Crippen LogP contribution in [0.2, 0.25) is 0 Å². The molecule has 0 saturated carbocycles. The van der Waals surface area contributed by atoms with Crippen LogP contribution >= 0.6 is 0 Å². The van der Waals surface area contributed by atoms with Crippen molar-refractivity contribution < 1.29 is 4.42 Å². The third kappa shape index (κ3) is 3.70. The predicted molar refractivity (Wildman–Crippen MR) is 68.9 cm³/mol. The van der Waals surface area contributed by atoms with Gasteiger partial charge in [-0.3, -0.25) is 0 Å². The molecule has 0 bridgehead atoms. The molecule has 17 heavy (non-hydrogen) atoms. The van der Waals surface area contributed by atoms with E-state index in [4.69, 9.17) is 4.42 Å². The Hall–Kier alpha value is -1.10. The molecule has 0 saturated heterocycles. The molecule has 0 aliphatic carbocycles. The molecule has 0 aromatic carbocycles. The van der Waals surface area contributed by atoms with Crippen LogP contribution in [0.4, 0.5) is 6.01 Å². The Morgan fingerprint density at radius 3 is 2.24 bits per heavy atom. The van der Waals surface area contributed by atoms with Crippen molar-refractivity contribution in [1.29, 1.82) is 0 Å². The second kappa shape index (κ2) is 6.59. The van der Waals surface area contributed by atoms with Gasteiger partial charge in [0, 0.05) is 5.54 Å². The summed E-state index contributed by atoms with van der Waals surface area (Å²) in [7, 11) is 0. The molecule has 1 rings (SSSR count). The Morgan fingerprint density at radius 2 is 1.71 bits per heavy atom. The molecule has 1 heterocycles. The van der Waals surface area contributed by atoms with Gasteiger partial charge in [-0.1, -0.05) is 32.8 Å². The van der Waals surface area contributed by atoms with Crippen LogP contribution in [0, 0.1) is 0 Å². The highest BCUT2D eigenvalue weighted by Crippen LogP contribution is 2.24. The van der Waals surface area contributed by atoms with Crippen molar-refractivity contribution in [2.24, 2.45) is 0 Å². The number of rotatable bonds is 8. The van der Waals surface area contributed by atoms with Crippen molar-refractivity contribution in [2.45, 2.75) is 59.0 Å². The molecule has 1 aromatic heterocycles. The van der Waals surface area contributed by atoms with E-state index in [0.29, 0.717) is 18.5 Å². The van der Waals surface area contributed by atoms with Gasteiger partial charge in [-0.15, -0.1) is 5.10 Å². The van der Waals surface area contributed by atoms with Gasteiger partial charge in [0.15, 0.2) is 0 Å². The Labute approximate surface area is 103 Å². The Balaban J connectivity index is 2.63. The monoisotopic (exact) mass is 240 g/mol. The number of anilines is 1. The average molecular weight is 240 g/mol. The van der Waals surface area contributed by atoms with E-state index in [0.717, 1.165) is 25.8 Å². The van der Waals surface area contributed by atoms with Crippen LogP contribution in [0.25, 0.3) is 0 Å². The molecular formula is C12H24N4O. The Kier molecular flexibility index (Phi) is 5.41. The zero-order valence-corrected chi connectivity index (χ0v) is 11.3. The molecule has 0 spiro atoms. The molecule has 0 aliphatic heterocycles. The minimum atomic E-state index is 0.0714. The summed E-state index contributed by atoms with van der Waals surface area (Å²) in [5, 5.41) is 14.6. The normalized spacial score (nSPS) is 11.8. The van der Waals surface area contributed by atoms with E-state index in [-0.39, 0.29) is 5.54 Å². The second-order valence-corrected chi connectivity index (χ2v) is 4.25. The van der Waals surface area contributed by atoms with Crippen LogP contribution in [0.3, 0.4) is 0 Å². The highest BCUT2D eigenvalue weighted by Gasteiger charge is 2.25. The van der Waals surface area contributed by atoms with E-state index < -0.39 is 0 Å². The lowest BCUT2D eigenvalue weighted by atomic mass is 9.90. The van der Waals surface area contributed by atoms with Crippen LogP contribution in [0.5, 0.6) is 0 Å². The number of hydrogen-bond acceptors (Lipinski definition) is 5. The molecule has 5 heteroatoms. The van der Waals surface area contributed by atoms with E-state index in [2.05, 4.69) is 41.6 Å². The standard InChI is InChI=1S/C12H24N4O/c1-5-12(6-2,7-3)14-11-16-15-10(17-11)9-13-8-4/h13H,5-9H2,1-4H3,(H,14,16). The van der Waals surface area contributed by atoms with Gasteiger partial charge in [0.05, 0.1) is 6.54 Å². The summed E-state index contributed by atoms with van der Waals surface area (Å²) >= 11 is 0. The third-order valence-electron chi connectivity index (χ3n) is 3.40. The summed E-state index contributed by atoms with van der Waals surface area (Å²) in [5.41, 5.74) is 0.0714. The fourth-order valence-electron chi connectivity index (χ4n) is 1.85. The fourth-order valence-corrected chi connectivity index (χ4v) is 1.85. The van der Waals surface area contributed by atoms with E-state index in [1.165, 1.54) is 0 Å². The van der Waals surface area contributed by atoms with Gasteiger partial charge in [-0.05, 0) is 25.8 Å². The largest absolute Gasteiger partial charge is 0.407 e. The van der Waals surface area contributed by atoms with E-state index in [9.17, 15) is 0 Å². The number of aromatic nitrogens is 2. The van der Waals surface area contributed by atoms with E-state index in [1.54, 1.807) is 0 Å². The topological polar surface area (TPSA) is 63.0 Å². The molecule has 0 atom stereocenters. The van der Waals surface area contributed by atoms with Gasteiger partial charge in [-0.2, -0.15) is 0 Å². The first-order valence-corrected chi connectivity index (χ1v) is 6.51. The number of nitrogens with one attached hydrogen (secondary N) is 2. The van der Waals surface area contributed by atoms with Crippen LogP contribution in [0.15, 0.2) is 4.42 Å². The van der Waals surface area contributed by atoms with Crippen LogP contribution in [-0.4, -0.2) is 22.3 Å². The third-order valence-corrected chi connectivity index (χ3v) is 3.40. The number of hydrogen-bond donors (Lipinski definition) is 2. The molecule has 0 amide bonds. The molecule has 0 unspecified atom stereocenters. The van der Waals surface area contributed by atoms with Crippen molar-refractivity contribution in [3.05, 3.63) is 5.89 Å². The van der Waals surface area contributed by atoms with Crippen molar-refractivity contribution in [3.63, 3.8) is 0 Å². The summed E-state index contributed by atoms with van der Waals surface area (Å²) < 4.78 is 5.55. The fraction of sp³-hybridized carbons (Fsp3) is 0.833. The first kappa shape index (κ1) is 14.0. The molecule has 1 aromatic rings.